The summed E-state index contributed by atoms with van der Waals surface area (Å²) in [6.45, 7) is 1.29. The highest BCUT2D eigenvalue weighted by Gasteiger charge is 2.28. The number of amides is 2. The summed E-state index contributed by atoms with van der Waals surface area (Å²) in [7, 11) is 0. The molecule has 1 aliphatic carbocycles. The summed E-state index contributed by atoms with van der Waals surface area (Å²) in [5.74, 6) is 0.748. The Bertz CT molecular complexity index is 695. The quantitative estimate of drug-likeness (QED) is 0.929. The van der Waals surface area contributed by atoms with E-state index >= 15 is 0 Å². The van der Waals surface area contributed by atoms with Gasteiger partial charge in [0.25, 0.3) is 0 Å². The monoisotopic (exact) mass is 344 g/mol. The van der Waals surface area contributed by atoms with Gasteiger partial charge in [-0.1, -0.05) is 0 Å². The van der Waals surface area contributed by atoms with E-state index in [1.807, 2.05) is 12.1 Å². The summed E-state index contributed by atoms with van der Waals surface area (Å²) in [4.78, 5) is 24.2. The van der Waals surface area contributed by atoms with Gasteiger partial charge < -0.3 is 9.64 Å². The lowest BCUT2D eigenvalue weighted by molar-refractivity contribution is 0.194. The van der Waals surface area contributed by atoms with Gasteiger partial charge in [-0.25, -0.2) is 9.78 Å². The van der Waals surface area contributed by atoms with Crippen LogP contribution in [-0.2, 0) is 12.8 Å². The first-order valence-electron chi connectivity index (χ1n) is 8.39. The Labute approximate surface area is 144 Å². The smallest absolute Gasteiger partial charge is 0.323 e. The number of hydrogen-bond donors (Lipinski definition) is 1. The molecule has 2 aromatic heterocycles. The van der Waals surface area contributed by atoms with Crippen LogP contribution in [0.5, 0.6) is 5.75 Å². The third-order valence-corrected chi connectivity index (χ3v) is 5.50. The molecule has 1 unspecified atom stereocenters. The van der Waals surface area contributed by atoms with Crippen LogP contribution >= 0.6 is 11.3 Å². The van der Waals surface area contributed by atoms with E-state index in [2.05, 4.69) is 15.3 Å². The molecule has 3 heterocycles. The van der Waals surface area contributed by atoms with Gasteiger partial charge in [0, 0.05) is 24.0 Å². The summed E-state index contributed by atoms with van der Waals surface area (Å²) in [6.07, 6.45) is 8.81. The first-order valence-corrected chi connectivity index (χ1v) is 9.21. The Morgan fingerprint density at radius 3 is 3.12 bits per heavy atom. The van der Waals surface area contributed by atoms with Crippen LogP contribution in [-0.4, -0.2) is 40.1 Å². The zero-order valence-corrected chi connectivity index (χ0v) is 14.2. The Morgan fingerprint density at radius 2 is 2.29 bits per heavy atom. The summed E-state index contributed by atoms with van der Waals surface area (Å²) in [5.41, 5.74) is 1.17. The third kappa shape index (κ3) is 3.36. The van der Waals surface area contributed by atoms with Gasteiger partial charge in [0.1, 0.15) is 11.9 Å². The number of aromatic nitrogens is 2. The van der Waals surface area contributed by atoms with Crippen molar-refractivity contribution < 1.29 is 9.53 Å². The molecule has 2 aromatic rings. The number of ether oxygens (including phenoxy) is 1. The van der Waals surface area contributed by atoms with Gasteiger partial charge in [-0.15, -0.1) is 11.3 Å². The maximum atomic E-state index is 12.4. The molecule has 1 N–H and O–H groups in total. The lowest BCUT2D eigenvalue weighted by Gasteiger charge is -2.17. The van der Waals surface area contributed by atoms with Crippen LogP contribution in [0.3, 0.4) is 0 Å². The Morgan fingerprint density at radius 1 is 1.38 bits per heavy atom. The molecule has 1 aliphatic heterocycles. The fourth-order valence-electron chi connectivity index (χ4n) is 3.19. The topological polar surface area (TPSA) is 67.4 Å². The number of likely N-dealkylation sites (tertiary alicyclic amines) is 1. The van der Waals surface area contributed by atoms with Gasteiger partial charge >= 0.3 is 6.03 Å². The number of carbonyl (C=O) groups excluding carboxylic acids is 1. The highest BCUT2D eigenvalue weighted by Crippen LogP contribution is 2.30. The number of aryl methyl sites for hydroxylation is 2. The highest BCUT2D eigenvalue weighted by molar-refractivity contribution is 7.15. The van der Waals surface area contributed by atoms with Gasteiger partial charge in [-0.3, -0.25) is 10.3 Å². The van der Waals surface area contributed by atoms with Gasteiger partial charge in [0.05, 0.1) is 18.4 Å². The minimum atomic E-state index is -0.0848. The van der Waals surface area contributed by atoms with Crippen LogP contribution in [0.25, 0.3) is 0 Å². The van der Waals surface area contributed by atoms with Crippen LogP contribution in [0.1, 0.15) is 29.8 Å². The maximum absolute atomic E-state index is 12.4. The average Bonchev–Trinajstić information content (AvgIpc) is 3.22. The predicted octanol–water partition coefficient (Wildman–Crippen LogP) is 3.10. The summed E-state index contributed by atoms with van der Waals surface area (Å²) < 4.78 is 5.88. The molecule has 6 nitrogen and oxygen atoms in total. The van der Waals surface area contributed by atoms with Crippen LogP contribution in [0.15, 0.2) is 24.5 Å². The second-order valence-corrected chi connectivity index (χ2v) is 7.27. The lowest BCUT2D eigenvalue weighted by Crippen LogP contribution is -2.34. The molecular formula is C17H20N4O2S. The molecule has 1 fully saturated rings. The van der Waals surface area contributed by atoms with Crippen LogP contribution in [0.4, 0.5) is 9.93 Å². The van der Waals surface area contributed by atoms with Crippen molar-refractivity contribution in [2.45, 2.75) is 38.2 Å². The van der Waals surface area contributed by atoms with Crippen molar-refractivity contribution in [2.75, 3.05) is 18.4 Å². The first-order chi connectivity index (χ1) is 11.8. The van der Waals surface area contributed by atoms with E-state index in [-0.39, 0.29) is 12.1 Å². The number of anilines is 1. The molecule has 126 valence electrons. The summed E-state index contributed by atoms with van der Waals surface area (Å²) >= 11 is 1.62. The van der Waals surface area contributed by atoms with Crippen LogP contribution in [0, 0.1) is 0 Å². The van der Waals surface area contributed by atoms with E-state index < -0.39 is 0 Å². The number of thiazole rings is 1. The predicted molar refractivity (Wildman–Crippen MR) is 92.6 cm³/mol. The van der Waals surface area contributed by atoms with Gasteiger partial charge in [0.15, 0.2) is 5.13 Å². The second kappa shape index (κ2) is 6.76. The van der Waals surface area contributed by atoms with Crippen molar-refractivity contribution in [3.63, 3.8) is 0 Å². The molecule has 0 radical (unpaired) electrons. The van der Waals surface area contributed by atoms with E-state index in [9.17, 15) is 4.79 Å². The molecule has 2 amide bonds. The number of pyridine rings is 1. The van der Waals surface area contributed by atoms with Crippen LogP contribution < -0.4 is 10.1 Å². The molecule has 0 saturated carbocycles. The number of nitrogens with zero attached hydrogens (tertiary/aromatic N) is 3. The van der Waals surface area contributed by atoms with E-state index in [4.69, 9.17) is 4.74 Å². The Balaban J connectivity index is 1.33. The van der Waals surface area contributed by atoms with Gasteiger partial charge in [0.2, 0.25) is 0 Å². The normalized spacial score (nSPS) is 19.8. The number of carbonyl (C=O) groups is 1. The molecule has 1 saturated heterocycles. The van der Waals surface area contributed by atoms with E-state index in [0.29, 0.717) is 13.1 Å². The zero-order valence-electron chi connectivity index (χ0n) is 13.4. The molecular weight excluding hydrogens is 324 g/mol. The highest BCUT2D eigenvalue weighted by atomic mass is 32.1. The van der Waals surface area contributed by atoms with Crippen molar-refractivity contribution in [3.8, 4) is 5.75 Å². The fraction of sp³-hybridized carbons (Fsp3) is 0.471. The van der Waals surface area contributed by atoms with Gasteiger partial charge in [-0.05, 0) is 37.8 Å². The molecule has 24 heavy (non-hydrogen) atoms. The Hall–Kier alpha value is -2.15. The number of fused-ring (bicyclic) bond motifs is 1. The minimum Gasteiger partial charge on any atom is -0.487 e. The molecule has 1 atom stereocenters. The standard InChI is InChI=1S/C17H20N4O2S/c22-17(20-16-19-14-5-1-2-6-15(14)24-16)21-9-7-13(11-21)23-12-4-3-8-18-10-12/h3-4,8,10,13H,1-2,5-7,9,11H2,(H,19,20,22). The van der Waals surface area contributed by atoms with E-state index in [1.54, 1.807) is 28.6 Å². The largest absolute Gasteiger partial charge is 0.487 e. The Kier molecular flexibility index (Phi) is 4.34. The first kappa shape index (κ1) is 15.4. The number of nitrogens with one attached hydrogen (secondary N) is 1. The van der Waals surface area contributed by atoms with Crippen LogP contribution in [0.2, 0.25) is 0 Å². The number of hydrogen-bond acceptors (Lipinski definition) is 5. The molecule has 0 aromatic carbocycles. The maximum Gasteiger partial charge on any atom is 0.323 e. The summed E-state index contributed by atoms with van der Waals surface area (Å²) in [6, 6.07) is 3.65. The fourth-order valence-corrected chi connectivity index (χ4v) is 4.23. The minimum absolute atomic E-state index is 0.0180. The van der Waals surface area contributed by atoms with Crippen molar-refractivity contribution in [2.24, 2.45) is 0 Å². The molecule has 7 heteroatoms. The van der Waals surface area contributed by atoms with Crippen molar-refractivity contribution in [1.29, 1.82) is 0 Å². The van der Waals surface area contributed by atoms with E-state index in [0.717, 1.165) is 30.1 Å². The third-order valence-electron chi connectivity index (χ3n) is 4.43. The van der Waals surface area contributed by atoms with Crippen molar-refractivity contribution in [1.82, 2.24) is 14.9 Å². The summed E-state index contributed by atoms with van der Waals surface area (Å²) in [5, 5.41) is 3.68. The lowest BCUT2D eigenvalue weighted by atomic mass is 10.0. The molecule has 2 aliphatic rings. The molecule has 4 rings (SSSR count). The van der Waals surface area contributed by atoms with Gasteiger partial charge in [-0.2, -0.15) is 0 Å². The number of urea groups is 1. The molecule has 0 bridgehead atoms. The van der Waals surface area contributed by atoms with E-state index in [1.165, 1.54) is 23.4 Å². The number of rotatable bonds is 3. The average molecular weight is 344 g/mol. The molecule has 0 spiro atoms. The van der Waals surface area contributed by atoms with Crippen molar-refractivity contribution >= 4 is 22.5 Å². The zero-order chi connectivity index (χ0) is 16.4. The van der Waals surface area contributed by atoms with Crippen molar-refractivity contribution in [3.05, 3.63) is 35.1 Å². The second-order valence-electron chi connectivity index (χ2n) is 6.19. The SMILES string of the molecule is O=C(Nc1nc2c(s1)CCCC2)N1CCC(Oc2cccnc2)C1.